The fourth-order valence-electron chi connectivity index (χ4n) is 2.20. The van der Waals surface area contributed by atoms with E-state index >= 15 is 0 Å². The standard InChI is InChI=1S/C16H27NO6/c1-16(2,3)23-15(20)17-10-9-13(18)21-11-14(19)22-12-7-5-4-6-8-12/h12H,4-11H2,1-3H3,(H,17,20). The van der Waals surface area contributed by atoms with Crippen LogP contribution in [0.5, 0.6) is 0 Å². The van der Waals surface area contributed by atoms with Gasteiger partial charge in [-0.3, -0.25) is 4.79 Å². The Balaban J connectivity index is 2.09. The molecule has 1 aliphatic carbocycles. The summed E-state index contributed by atoms with van der Waals surface area (Å²) >= 11 is 0. The van der Waals surface area contributed by atoms with Crippen molar-refractivity contribution in [3.63, 3.8) is 0 Å². The van der Waals surface area contributed by atoms with Gasteiger partial charge in [0, 0.05) is 6.54 Å². The van der Waals surface area contributed by atoms with Crippen molar-refractivity contribution < 1.29 is 28.6 Å². The van der Waals surface area contributed by atoms with E-state index in [2.05, 4.69) is 5.32 Å². The van der Waals surface area contributed by atoms with Crippen LogP contribution in [0.25, 0.3) is 0 Å². The number of ether oxygens (including phenoxy) is 3. The van der Waals surface area contributed by atoms with E-state index < -0.39 is 23.6 Å². The van der Waals surface area contributed by atoms with Gasteiger partial charge in [-0.1, -0.05) is 6.42 Å². The molecule has 0 aromatic carbocycles. The van der Waals surface area contributed by atoms with Crippen molar-refractivity contribution in [2.24, 2.45) is 0 Å². The molecule has 0 aromatic heterocycles. The van der Waals surface area contributed by atoms with Gasteiger partial charge >= 0.3 is 18.0 Å². The van der Waals surface area contributed by atoms with Crippen LogP contribution in [0.3, 0.4) is 0 Å². The van der Waals surface area contributed by atoms with Gasteiger partial charge in [-0.25, -0.2) is 9.59 Å². The molecule has 1 amide bonds. The average Bonchev–Trinajstić information content (AvgIpc) is 2.44. The number of hydrogen-bond donors (Lipinski definition) is 1. The highest BCUT2D eigenvalue weighted by molar-refractivity contribution is 5.77. The Hall–Kier alpha value is -1.79. The molecule has 1 N–H and O–H groups in total. The number of rotatable bonds is 6. The number of nitrogens with one attached hydrogen (secondary N) is 1. The second-order valence-corrected chi connectivity index (χ2v) is 6.59. The molecule has 0 aromatic rings. The van der Waals surface area contributed by atoms with Crippen LogP contribution in [0.2, 0.25) is 0 Å². The SMILES string of the molecule is CC(C)(C)OC(=O)NCCC(=O)OCC(=O)OC1CCCCC1. The summed E-state index contributed by atoms with van der Waals surface area (Å²) in [5.41, 5.74) is -0.590. The zero-order chi connectivity index (χ0) is 17.3. The highest BCUT2D eigenvalue weighted by Crippen LogP contribution is 2.20. The maximum Gasteiger partial charge on any atom is 0.407 e. The molecule has 7 heteroatoms. The Morgan fingerprint density at radius 2 is 1.70 bits per heavy atom. The van der Waals surface area contributed by atoms with E-state index in [0.717, 1.165) is 25.7 Å². The second-order valence-electron chi connectivity index (χ2n) is 6.59. The molecule has 0 atom stereocenters. The molecule has 0 saturated heterocycles. The van der Waals surface area contributed by atoms with Gasteiger partial charge in [0.1, 0.15) is 11.7 Å². The summed E-state index contributed by atoms with van der Waals surface area (Å²) in [6.07, 6.45) is 4.37. The maximum absolute atomic E-state index is 11.6. The highest BCUT2D eigenvalue weighted by Gasteiger charge is 2.19. The lowest BCUT2D eigenvalue weighted by Gasteiger charge is -2.21. The molecule has 1 aliphatic rings. The van der Waals surface area contributed by atoms with Gasteiger partial charge in [0.05, 0.1) is 6.42 Å². The van der Waals surface area contributed by atoms with Crippen molar-refractivity contribution in [2.75, 3.05) is 13.2 Å². The summed E-state index contributed by atoms with van der Waals surface area (Å²) in [5, 5.41) is 2.45. The van der Waals surface area contributed by atoms with Crippen LogP contribution < -0.4 is 5.32 Å². The molecular formula is C16H27NO6. The van der Waals surface area contributed by atoms with Crippen LogP contribution in [0, 0.1) is 0 Å². The summed E-state index contributed by atoms with van der Waals surface area (Å²) in [6, 6.07) is 0. The van der Waals surface area contributed by atoms with E-state index in [1.807, 2.05) is 0 Å². The normalized spacial score (nSPS) is 15.6. The Morgan fingerprint density at radius 3 is 2.30 bits per heavy atom. The minimum Gasteiger partial charge on any atom is -0.460 e. The number of alkyl carbamates (subject to hydrolysis) is 1. The lowest BCUT2D eigenvalue weighted by molar-refractivity contribution is -0.163. The number of esters is 2. The molecule has 0 heterocycles. The first-order valence-corrected chi connectivity index (χ1v) is 8.08. The predicted molar refractivity (Wildman–Crippen MR) is 82.8 cm³/mol. The van der Waals surface area contributed by atoms with Crippen molar-refractivity contribution in [3.8, 4) is 0 Å². The number of amides is 1. The average molecular weight is 329 g/mol. The summed E-state index contributed by atoms with van der Waals surface area (Å²) in [7, 11) is 0. The van der Waals surface area contributed by atoms with E-state index in [9.17, 15) is 14.4 Å². The van der Waals surface area contributed by atoms with Crippen molar-refractivity contribution in [3.05, 3.63) is 0 Å². The molecule has 23 heavy (non-hydrogen) atoms. The van der Waals surface area contributed by atoms with Gasteiger partial charge < -0.3 is 19.5 Å². The van der Waals surface area contributed by atoms with Gasteiger partial charge in [-0.15, -0.1) is 0 Å². The monoisotopic (exact) mass is 329 g/mol. The highest BCUT2D eigenvalue weighted by atomic mass is 16.6. The van der Waals surface area contributed by atoms with E-state index in [-0.39, 0.29) is 25.7 Å². The lowest BCUT2D eigenvalue weighted by Crippen LogP contribution is -2.34. The quantitative estimate of drug-likeness (QED) is 0.594. The maximum atomic E-state index is 11.6. The molecule has 1 saturated carbocycles. The van der Waals surface area contributed by atoms with Crippen LogP contribution in [0.1, 0.15) is 59.3 Å². The third-order valence-corrected chi connectivity index (χ3v) is 3.20. The van der Waals surface area contributed by atoms with Gasteiger partial charge in [0.15, 0.2) is 6.61 Å². The van der Waals surface area contributed by atoms with Gasteiger partial charge in [-0.05, 0) is 46.5 Å². The van der Waals surface area contributed by atoms with E-state index in [1.54, 1.807) is 20.8 Å². The number of carbonyl (C=O) groups excluding carboxylic acids is 3. The summed E-state index contributed by atoms with van der Waals surface area (Å²) in [6.45, 7) is 4.95. The number of hydrogen-bond acceptors (Lipinski definition) is 6. The van der Waals surface area contributed by atoms with Crippen molar-refractivity contribution >= 4 is 18.0 Å². The predicted octanol–water partition coefficient (Wildman–Crippen LogP) is 2.32. The molecule has 0 spiro atoms. The third kappa shape index (κ3) is 9.76. The van der Waals surface area contributed by atoms with Crippen LogP contribution in [0.4, 0.5) is 4.79 Å². The largest absolute Gasteiger partial charge is 0.460 e. The lowest BCUT2D eigenvalue weighted by atomic mass is 9.98. The van der Waals surface area contributed by atoms with E-state index in [4.69, 9.17) is 14.2 Å². The zero-order valence-corrected chi connectivity index (χ0v) is 14.2. The third-order valence-electron chi connectivity index (χ3n) is 3.20. The Kier molecular flexibility index (Phi) is 7.85. The Labute approximate surface area is 137 Å². The Morgan fingerprint density at radius 1 is 1.04 bits per heavy atom. The van der Waals surface area contributed by atoms with Gasteiger partial charge in [0.25, 0.3) is 0 Å². The summed E-state index contributed by atoms with van der Waals surface area (Å²) in [4.78, 5) is 34.4. The molecule has 0 aliphatic heterocycles. The number of carbonyl (C=O) groups is 3. The van der Waals surface area contributed by atoms with Crippen LogP contribution >= 0.6 is 0 Å². The van der Waals surface area contributed by atoms with Crippen molar-refractivity contribution in [1.82, 2.24) is 5.32 Å². The first kappa shape index (κ1) is 19.3. The fourth-order valence-corrected chi connectivity index (χ4v) is 2.20. The Bertz CT molecular complexity index is 409. The molecule has 1 rings (SSSR count). The minimum absolute atomic E-state index is 0.0318. The molecule has 1 fully saturated rings. The smallest absolute Gasteiger partial charge is 0.407 e. The molecule has 0 radical (unpaired) electrons. The fraction of sp³-hybridized carbons (Fsp3) is 0.812. The van der Waals surface area contributed by atoms with E-state index in [1.165, 1.54) is 6.42 Å². The van der Waals surface area contributed by atoms with Gasteiger partial charge in [-0.2, -0.15) is 0 Å². The first-order valence-electron chi connectivity index (χ1n) is 8.08. The van der Waals surface area contributed by atoms with Crippen LogP contribution in [-0.2, 0) is 23.8 Å². The summed E-state index contributed by atoms with van der Waals surface area (Å²) in [5.74, 6) is -1.09. The molecule has 0 unspecified atom stereocenters. The van der Waals surface area contributed by atoms with Crippen LogP contribution in [0.15, 0.2) is 0 Å². The zero-order valence-electron chi connectivity index (χ0n) is 14.2. The topological polar surface area (TPSA) is 90.9 Å². The summed E-state index contributed by atoms with van der Waals surface area (Å²) < 4.78 is 15.1. The molecule has 0 bridgehead atoms. The first-order chi connectivity index (χ1) is 10.8. The second kappa shape index (κ2) is 9.37. The van der Waals surface area contributed by atoms with Crippen molar-refractivity contribution in [2.45, 2.75) is 71.0 Å². The van der Waals surface area contributed by atoms with E-state index in [0.29, 0.717) is 0 Å². The molecule has 132 valence electrons. The van der Waals surface area contributed by atoms with Crippen LogP contribution in [-0.4, -0.2) is 42.9 Å². The molecule has 7 nitrogen and oxygen atoms in total. The minimum atomic E-state index is -0.595. The molecular weight excluding hydrogens is 302 g/mol. The van der Waals surface area contributed by atoms with Crippen molar-refractivity contribution in [1.29, 1.82) is 0 Å². The van der Waals surface area contributed by atoms with Gasteiger partial charge in [0.2, 0.25) is 0 Å².